The fraction of sp³-hybridized carbons (Fsp3) is 0.571. The van der Waals surface area contributed by atoms with Crippen molar-refractivity contribution in [1.29, 1.82) is 0 Å². The maximum absolute atomic E-state index is 13.0. The van der Waals surface area contributed by atoms with Crippen molar-refractivity contribution in [2.24, 2.45) is 0 Å². The molecule has 1 aromatic rings. The van der Waals surface area contributed by atoms with Gasteiger partial charge in [0.2, 0.25) is 5.95 Å². The number of carbonyl (C=O) groups excluding carboxylic acids is 1. The average molecular weight is 300 g/mol. The third-order valence-electron chi connectivity index (χ3n) is 2.89. The minimum Gasteiger partial charge on any atom is -0.489 e. The lowest BCUT2D eigenvalue weighted by Crippen LogP contribution is -2.50. The van der Waals surface area contributed by atoms with Gasteiger partial charge in [0, 0.05) is 24.9 Å². The molecule has 1 saturated carbocycles. The molecule has 0 aromatic carbocycles. The zero-order chi connectivity index (χ0) is 15.6. The molecule has 0 spiro atoms. The molecule has 21 heavy (non-hydrogen) atoms. The SMILES string of the molecule is CC(C)(C)OC(=O)NC1CC(Oc2cnc(F)c(F)c2)C1. The van der Waals surface area contributed by atoms with Crippen LogP contribution >= 0.6 is 0 Å². The maximum atomic E-state index is 13.0. The van der Waals surface area contributed by atoms with E-state index in [-0.39, 0.29) is 17.9 Å². The zero-order valence-electron chi connectivity index (χ0n) is 12.2. The maximum Gasteiger partial charge on any atom is 0.407 e. The molecular formula is C14H18F2N2O3. The van der Waals surface area contributed by atoms with Crippen molar-refractivity contribution in [1.82, 2.24) is 10.3 Å². The molecular weight excluding hydrogens is 282 g/mol. The minimum atomic E-state index is -1.15. The monoisotopic (exact) mass is 300 g/mol. The number of nitrogens with zero attached hydrogens (tertiary/aromatic N) is 1. The van der Waals surface area contributed by atoms with Crippen molar-refractivity contribution in [2.75, 3.05) is 0 Å². The summed E-state index contributed by atoms with van der Waals surface area (Å²) in [5.41, 5.74) is -0.541. The third kappa shape index (κ3) is 4.54. The number of alkyl carbamates (subject to hydrolysis) is 1. The summed E-state index contributed by atoms with van der Waals surface area (Å²) in [6.45, 7) is 5.36. The minimum absolute atomic E-state index is 0.0388. The van der Waals surface area contributed by atoms with Gasteiger partial charge < -0.3 is 14.8 Å². The van der Waals surface area contributed by atoms with Crippen molar-refractivity contribution in [3.8, 4) is 5.75 Å². The van der Waals surface area contributed by atoms with Crippen LogP contribution in [0.25, 0.3) is 0 Å². The van der Waals surface area contributed by atoms with Gasteiger partial charge in [-0.2, -0.15) is 4.39 Å². The van der Waals surface area contributed by atoms with Gasteiger partial charge >= 0.3 is 6.09 Å². The number of hydrogen-bond donors (Lipinski definition) is 1. The van der Waals surface area contributed by atoms with E-state index in [1.54, 1.807) is 20.8 Å². The molecule has 0 aliphatic heterocycles. The van der Waals surface area contributed by atoms with Crippen LogP contribution in [0.1, 0.15) is 33.6 Å². The smallest absolute Gasteiger partial charge is 0.407 e. The fourth-order valence-electron chi connectivity index (χ4n) is 1.91. The topological polar surface area (TPSA) is 60.5 Å². The molecule has 0 saturated heterocycles. The number of aromatic nitrogens is 1. The Labute approximate surface area is 121 Å². The van der Waals surface area contributed by atoms with Crippen LogP contribution in [-0.2, 0) is 4.74 Å². The first-order valence-electron chi connectivity index (χ1n) is 6.70. The molecule has 1 amide bonds. The molecule has 1 aliphatic rings. The van der Waals surface area contributed by atoms with Gasteiger partial charge in [0.05, 0.1) is 6.20 Å². The van der Waals surface area contributed by atoms with E-state index < -0.39 is 23.5 Å². The first-order valence-corrected chi connectivity index (χ1v) is 6.70. The molecule has 7 heteroatoms. The van der Waals surface area contributed by atoms with Gasteiger partial charge in [0.1, 0.15) is 17.5 Å². The highest BCUT2D eigenvalue weighted by Crippen LogP contribution is 2.26. The van der Waals surface area contributed by atoms with E-state index in [4.69, 9.17) is 9.47 Å². The van der Waals surface area contributed by atoms with Crippen molar-refractivity contribution in [3.63, 3.8) is 0 Å². The molecule has 116 valence electrons. The summed E-state index contributed by atoms with van der Waals surface area (Å²) in [6.07, 6.45) is 1.67. The van der Waals surface area contributed by atoms with E-state index in [1.165, 1.54) is 0 Å². The molecule has 1 N–H and O–H groups in total. The normalized spacial score (nSPS) is 21.4. The number of carbonyl (C=O) groups is 1. The standard InChI is InChI=1S/C14H18F2N2O3/c1-14(2,3)21-13(19)18-8-4-9(5-8)20-10-6-11(15)12(16)17-7-10/h6-9H,4-5H2,1-3H3,(H,18,19). The highest BCUT2D eigenvalue weighted by Gasteiger charge is 2.33. The summed E-state index contributed by atoms with van der Waals surface area (Å²) < 4.78 is 36.2. The Hall–Kier alpha value is -1.92. The molecule has 1 aliphatic carbocycles. The summed E-state index contributed by atoms with van der Waals surface area (Å²) in [6, 6.07) is 0.917. The van der Waals surface area contributed by atoms with Crippen molar-refractivity contribution < 1.29 is 23.0 Å². The van der Waals surface area contributed by atoms with Crippen LogP contribution in [0.4, 0.5) is 13.6 Å². The van der Waals surface area contributed by atoms with Gasteiger partial charge in [-0.15, -0.1) is 0 Å². The molecule has 0 bridgehead atoms. The van der Waals surface area contributed by atoms with Crippen LogP contribution in [0.15, 0.2) is 12.3 Å². The van der Waals surface area contributed by atoms with Crippen LogP contribution < -0.4 is 10.1 Å². The molecule has 1 aromatic heterocycles. The number of rotatable bonds is 3. The summed E-state index contributed by atoms with van der Waals surface area (Å²) in [5, 5.41) is 2.72. The molecule has 1 heterocycles. The van der Waals surface area contributed by atoms with Crippen LogP contribution in [0.5, 0.6) is 5.75 Å². The molecule has 5 nitrogen and oxygen atoms in total. The van der Waals surface area contributed by atoms with Gasteiger partial charge in [-0.3, -0.25) is 0 Å². The van der Waals surface area contributed by atoms with Gasteiger partial charge in [-0.05, 0) is 20.8 Å². The summed E-state index contributed by atoms with van der Waals surface area (Å²) in [4.78, 5) is 14.8. The van der Waals surface area contributed by atoms with E-state index in [0.717, 1.165) is 12.3 Å². The predicted octanol–water partition coefficient (Wildman–Crippen LogP) is 2.79. The number of ether oxygens (including phenoxy) is 2. The fourth-order valence-corrected chi connectivity index (χ4v) is 1.91. The van der Waals surface area contributed by atoms with E-state index >= 15 is 0 Å². The number of hydrogen-bond acceptors (Lipinski definition) is 4. The predicted molar refractivity (Wildman–Crippen MR) is 71.0 cm³/mol. The number of pyridine rings is 1. The van der Waals surface area contributed by atoms with Crippen LogP contribution in [0.2, 0.25) is 0 Å². The second-order valence-corrected chi connectivity index (χ2v) is 6.00. The Morgan fingerprint density at radius 3 is 2.62 bits per heavy atom. The first kappa shape index (κ1) is 15.5. The Bertz CT molecular complexity index is 525. The first-order chi connectivity index (χ1) is 9.73. The third-order valence-corrected chi connectivity index (χ3v) is 2.89. The zero-order valence-corrected chi connectivity index (χ0v) is 12.2. The van der Waals surface area contributed by atoms with Crippen molar-refractivity contribution >= 4 is 6.09 Å². The van der Waals surface area contributed by atoms with Crippen LogP contribution in [0.3, 0.4) is 0 Å². The van der Waals surface area contributed by atoms with E-state index in [0.29, 0.717) is 12.8 Å². The van der Waals surface area contributed by atoms with Gasteiger partial charge in [0.25, 0.3) is 0 Å². The summed E-state index contributed by atoms with van der Waals surface area (Å²) in [5.74, 6) is -2.02. The Kier molecular flexibility index (Phi) is 4.29. The second-order valence-electron chi connectivity index (χ2n) is 6.00. The quantitative estimate of drug-likeness (QED) is 0.872. The van der Waals surface area contributed by atoms with E-state index in [2.05, 4.69) is 10.3 Å². The summed E-state index contributed by atoms with van der Waals surface area (Å²) >= 11 is 0. The lowest BCUT2D eigenvalue weighted by atomic mass is 9.89. The lowest BCUT2D eigenvalue weighted by molar-refractivity contribution is 0.0361. The Morgan fingerprint density at radius 2 is 2.05 bits per heavy atom. The lowest BCUT2D eigenvalue weighted by Gasteiger charge is -2.36. The van der Waals surface area contributed by atoms with Gasteiger partial charge in [-0.1, -0.05) is 0 Å². The number of halogens is 2. The molecule has 0 atom stereocenters. The van der Waals surface area contributed by atoms with Gasteiger partial charge in [0.15, 0.2) is 5.82 Å². The number of amides is 1. The highest BCUT2D eigenvalue weighted by atomic mass is 19.2. The molecule has 0 radical (unpaired) electrons. The molecule has 0 unspecified atom stereocenters. The second kappa shape index (κ2) is 5.83. The van der Waals surface area contributed by atoms with E-state index in [9.17, 15) is 13.6 Å². The molecule has 2 rings (SSSR count). The van der Waals surface area contributed by atoms with Crippen molar-refractivity contribution in [2.45, 2.75) is 51.4 Å². The molecule has 1 fully saturated rings. The van der Waals surface area contributed by atoms with Crippen LogP contribution in [-0.4, -0.2) is 28.8 Å². The largest absolute Gasteiger partial charge is 0.489 e. The van der Waals surface area contributed by atoms with Crippen LogP contribution in [0, 0.1) is 11.8 Å². The number of nitrogens with one attached hydrogen (secondary N) is 1. The summed E-state index contributed by atoms with van der Waals surface area (Å²) in [7, 11) is 0. The Morgan fingerprint density at radius 1 is 1.38 bits per heavy atom. The van der Waals surface area contributed by atoms with Crippen molar-refractivity contribution in [3.05, 3.63) is 24.0 Å². The van der Waals surface area contributed by atoms with Gasteiger partial charge in [-0.25, -0.2) is 14.2 Å². The van der Waals surface area contributed by atoms with E-state index in [1.807, 2.05) is 0 Å². The Balaban J connectivity index is 1.74. The average Bonchev–Trinajstić information content (AvgIpc) is 2.28. The highest BCUT2D eigenvalue weighted by molar-refractivity contribution is 5.68.